The maximum Gasteiger partial charge on any atom is 0.338 e. The average molecular weight is 587 g/mol. The van der Waals surface area contributed by atoms with Crippen LogP contribution in [0.1, 0.15) is 34.9 Å². The van der Waals surface area contributed by atoms with Gasteiger partial charge in [-0.3, -0.25) is 9.36 Å². The van der Waals surface area contributed by atoms with E-state index in [0.29, 0.717) is 36.6 Å². The van der Waals surface area contributed by atoms with Gasteiger partial charge in [0.05, 0.1) is 22.4 Å². The van der Waals surface area contributed by atoms with E-state index < -0.39 is 12.0 Å². The molecule has 1 aliphatic heterocycles. The molecular weight excluding hydrogens is 565 g/mol. The molecule has 1 atom stereocenters. The predicted molar refractivity (Wildman–Crippen MR) is 155 cm³/mol. The lowest BCUT2D eigenvalue weighted by molar-refractivity contribution is -0.138. The van der Waals surface area contributed by atoms with Crippen LogP contribution in [0.2, 0.25) is 0 Å². The minimum atomic E-state index is -0.672. The number of carbonyl (C=O) groups is 1. The van der Waals surface area contributed by atoms with Crippen molar-refractivity contribution >= 4 is 52.2 Å². The monoisotopic (exact) mass is 586 g/mol. The van der Waals surface area contributed by atoms with Crippen molar-refractivity contribution in [2.24, 2.45) is 4.99 Å². The van der Waals surface area contributed by atoms with Gasteiger partial charge in [-0.25, -0.2) is 19.8 Å². The molecule has 200 valence electrons. The van der Waals surface area contributed by atoms with Crippen LogP contribution < -0.4 is 14.9 Å². The molecule has 8 nitrogen and oxygen atoms in total. The molecule has 0 N–H and O–H groups in total. The summed E-state index contributed by atoms with van der Waals surface area (Å²) in [5, 5.41) is 3.11. The largest absolute Gasteiger partial charge is 0.463 e. The number of hydrogen-bond acceptors (Lipinski definition) is 10. The van der Waals surface area contributed by atoms with Crippen molar-refractivity contribution in [3.8, 4) is 0 Å². The number of ether oxygens (including phenoxy) is 1. The Morgan fingerprint density at radius 3 is 2.75 bits per heavy atom. The first-order valence-electron chi connectivity index (χ1n) is 12.4. The molecule has 0 unspecified atom stereocenters. The minimum absolute atomic E-state index is 0.207. The molecule has 0 saturated heterocycles. The lowest BCUT2D eigenvalue weighted by Crippen LogP contribution is -2.39. The Hall–Kier alpha value is -4.06. The molecule has 6 rings (SSSR count). The number of fused-ring (bicyclic) bond motifs is 1. The van der Waals surface area contributed by atoms with Crippen molar-refractivity contribution < 1.29 is 13.9 Å². The predicted octanol–water partition coefficient (Wildman–Crippen LogP) is 4.84. The topological polar surface area (TPSA) is 99.6 Å². The number of thiazole rings is 1. The molecule has 4 aromatic heterocycles. The highest BCUT2D eigenvalue weighted by atomic mass is 32.2. The Morgan fingerprint density at radius 1 is 1.15 bits per heavy atom. The van der Waals surface area contributed by atoms with Gasteiger partial charge in [-0.2, -0.15) is 0 Å². The van der Waals surface area contributed by atoms with E-state index in [9.17, 15) is 9.59 Å². The number of aromatic nitrogens is 3. The van der Waals surface area contributed by atoms with Crippen molar-refractivity contribution in [3.63, 3.8) is 0 Å². The molecule has 11 heteroatoms. The molecule has 0 bridgehead atoms. The third-order valence-corrected chi connectivity index (χ3v) is 8.73. The van der Waals surface area contributed by atoms with E-state index in [1.807, 2.05) is 66.9 Å². The molecule has 0 saturated carbocycles. The van der Waals surface area contributed by atoms with Crippen LogP contribution in [0.25, 0.3) is 11.8 Å². The fourth-order valence-electron chi connectivity index (χ4n) is 4.32. The first-order chi connectivity index (χ1) is 19.5. The zero-order valence-electron chi connectivity index (χ0n) is 21.4. The summed E-state index contributed by atoms with van der Waals surface area (Å²) < 4.78 is 13.5. The second-order valence-corrected chi connectivity index (χ2v) is 11.6. The van der Waals surface area contributed by atoms with Gasteiger partial charge >= 0.3 is 5.97 Å². The quantitative estimate of drug-likeness (QED) is 0.199. The van der Waals surface area contributed by atoms with Crippen LogP contribution in [0.15, 0.2) is 102 Å². The van der Waals surface area contributed by atoms with Gasteiger partial charge in [0.1, 0.15) is 11.8 Å². The van der Waals surface area contributed by atoms with Crippen molar-refractivity contribution in [3.05, 3.63) is 119 Å². The second-order valence-electron chi connectivity index (χ2n) is 8.69. The number of rotatable bonds is 7. The Labute approximate surface area is 241 Å². The number of benzene rings is 1. The first kappa shape index (κ1) is 26.2. The Bertz CT molecular complexity index is 1900. The van der Waals surface area contributed by atoms with E-state index in [1.165, 1.54) is 34.4 Å². The molecule has 40 heavy (non-hydrogen) atoms. The molecule has 0 spiro atoms. The Balaban J connectivity index is 1.48. The zero-order valence-corrected chi connectivity index (χ0v) is 23.9. The van der Waals surface area contributed by atoms with Gasteiger partial charge in [0, 0.05) is 28.4 Å². The number of carbonyl (C=O) groups excluding carboxylic acids is 1. The van der Waals surface area contributed by atoms with Gasteiger partial charge in [-0.15, -0.1) is 11.3 Å². The van der Waals surface area contributed by atoms with Gasteiger partial charge < -0.3 is 9.15 Å². The number of esters is 1. The van der Waals surface area contributed by atoms with Gasteiger partial charge in [-0.05, 0) is 55.3 Å². The van der Waals surface area contributed by atoms with E-state index in [2.05, 4.69) is 9.97 Å². The molecule has 1 aromatic carbocycles. The fourth-order valence-corrected chi connectivity index (χ4v) is 6.88. The van der Waals surface area contributed by atoms with Gasteiger partial charge in [-0.1, -0.05) is 47.7 Å². The summed E-state index contributed by atoms with van der Waals surface area (Å²) in [5.74, 6) is 0.0184. The summed E-state index contributed by atoms with van der Waals surface area (Å²) in [6.45, 7) is 3.87. The standard InChI is InChI=1S/C29H22N4O4S3/c1-3-36-27(35)23-24(18-8-5-4-6-9-18)32-29-33(25(23)20-10-7-15-38-20)26(34)21(39-29)16-19-11-12-22(37-19)40-28-30-14-13-17(2)31-28/h4-16,25H,3H2,1-2H3/b21-16+/t25-/m0/s1. The van der Waals surface area contributed by atoms with Crippen LogP contribution >= 0.6 is 34.4 Å². The number of furan rings is 1. The van der Waals surface area contributed by atoms with Gasteiger partial charge in [0.15, 0.2) is 15.1 Å². The highest BCUT2D eigenvalue weighted by Crippen LogP contribution is 2.36. The fraction of sp³-hybridized carbons (Fsp3) is 0.138. The first-order valence-corrected chi connectivity index (χ1v) is 14.9. The third-order valence-electron chi connectivity index (χ3n) is 6.03. The van der Waals surface area contributed by atoms with Crippen LogP contribution in [0.4, 0.5) is 0 Å². The van der Waals surface area contributed by atoms with E-state index in [-0.39, 0.29) is 12.2 Å². The van der Waals surface area contributed by atoms with Crippen LogP contribution in [0.5, 0.6) is 0 Å². The highest BCUT2D eigenvalue weighted by Gasteiger charge is 2.35. The summed E-state index contributed by atoms with van der Waals surface area (Å²) in [6.07, 6.45) is 3.40. The van der Waals surface area contributed by atoms with Crippen molar-refractivity contribution in [2.45, 2.75) is 30.1 Å². The highest BCUT2D eigenvalue weighted by molar-refractivity contribution is 7.99. The number of thiophene rings is 1. The molecule has 0 amide bonds. The van der Waals surface area contributed by atoms with E-state index in [0.717, 1.165) is 16.1 Å². The normalized spacial score (nSPS) is 15.2. The van der Waals surface area contributed by atoms with Crippen LogP contribution in [-0.2, 0) is 9.53 Å². The number of aryl methyl sites for hydroxylation is 1. The Morgan fingerprint density at radius 2 is 2.00 bits per heavy atom. The molecular formula is C29H22N4O4S3. The molecule has 0 radical (unpaired) electrons. The summed E-state index contributed by atoms with van der Waals surface area (Å²) in [6, 6.07) is 18.1. The van der Waals surface area contributed by atoms with Gasteiger partial charge in [0.2, 0.25) is 0 Å². The van der Waals surface area contributed by atoms with Crippen molar-refractivity contribution in [1.82, 2.24) is 14.5 Å². The van der Waals surface area contributed by atoms with Gasteiger partial charge in [0.25, 0.3) is 5.56 Å². The zero-order chi connectivity index (χ0) is 27.6. The summed E-state index contributed by atoms with van der Waals surface area (Å²) in [5.41, 5.74) is 2.21. The van der Waals surface area contributed by atoms with E-state index in [4.69, 9.17) is 14.1 Å². The number of nitrogens with zero attached hydrogens (tertiary/aromatic N) is 4. The smallest absolute Gasteiger partial charge is 0.338 e. The SMILES string of the molecule is CCOC(=O)C1=C(c2ccccc2)N=c2s/c(=C/c3ccc(Sc4nccc(C)n4)o3)c(=O)n2[C@H]1c1cccs1. The van der Waals surface area contributed by atoms with Crippen LogP contribution in [-0.4, -0.2) is 27.1 Å². The average Bonchev–Trinajstić information content (AvgIpc) is 3.70. The Kier molecular flexibility index (Phi) is 7.33. The van der Waals surface area contributed by atoms with E-state index in [1.54, 1.807) is 29.8 Å². The molecule has 0 fully saturated rings. The number of hydrogen-bond donors (Lipinski definition) is 0. The maximum atomic E-state index is 13.9. The third kappa shape index (κ3) is 5.10. The minimum Gasteiger partial charge on any atom is -0.463 e. The molecule has 1 aliphatic rings. The lowest BCUT2D eigenvalue weighted by Gasteiger charge is -2.24. The maximum absolute atomic E-state index is 13.9. The summed E-state index contributed by atoms with van der Waals surface area (Å²) in [7, 11) is 0. The second kappa shape index (κ2) is 11.2. The molecule has 5 aromatic rings. The summed E-state index contributed by atoms with van der Waals surface area (Å²) in [4.78, 5) is 42.1. The van der Waals surface area contributed by atoms with Crippen molar-refractivity contribution in [1.29, 1.82) is 0 Å². The molecule has 5 heterocycles. The molecule has 0 aliphatic carbocycles. The summed E-state index contributed by atoms with van der Waals surface area (Å²) >= 11 is 4.03. The van der Waals surface area contributed by atoms with Crippen LogP contribution in [0, 0.1) is 6.92 Å². The van der Waals surface area contributed by atoms with Crippen molar-refractivity contribution in [2.75, 3.05) is 6.61 Å². The van der Waals surface area contributed by atoms with E-state index >= 15 is 0 Å². The lowest BCUT2D eigenvalue weighted by atomic mass is 9.97. The van der Waals surface area contributed by atoms with Crippen LogP contribution in [0.3, 0.4) is 0 Å².